The zero-order chi connectivity index (χ0) is 15.8. The molecule has 1 unspecified atom stereocenters. The van der Waals surface area contributed by atoms with Crippen molar-refractivity contribution >= 4 is 49.4 Å². The van der Waals surface area contributed by atoms with Gasteiger partial charge < -0.3 is 0 Å². The van der Waals surface area contributed by atoms with Crippen LogP contribution in [-0.4, -0.2) is 37.1 Å². The summed E-state index contributed by atoms with van der Waals surface area (Å²) in [6, 6.07) is 3.39. The largest absolute Gasteiger partial charge is 0.294 e. The number of halogens is 2. The molecule has 1 fully saturated rings. The number of nitrogens with one attached hydrogen (secondary N) is 1. The van der Waals surface area contributed by atoms with Crippen LogP contribution in [0.15, 0.2) is 27.6 Å². The summed E-state index contributed by atoms with van der Waals surface area (Å²) < 4.78 is 26.9. The maximum Gasteiger partial charge on any atom is 0.245 e. The van der Waals surface area contributed by atoms with E-state index in [-0.39, 0.29) is 16.3 Å². The first-order valence-electron chi connectivity index (χ1n) is 6.08. The van der Waals surface area contributed by atoms with E-state index in [2.05, 4.69) is 21.2 Å². The molecule has 21 heavy (non-hydrogen) atoms. The summed E-state index contributed by atoms with van der Waals surface area (Å²) in [5.41, 5.74) is 0. The topological polar surface area (TPSA) is 83.6 Å². The van der Waals surface area contributed by atoms with Crippen LogP contribution in [0, 0.1) is 0 Å². The Morgan fingerprint density at radius 2 is 2.10 bits per heavy atom. The van der Waals surface area contributed by atoms with Crippen LogP contribution in [0.1, 0.15) is 13.3 Å². The molecule has 1 atom stereocenters. The highest BCUT2D eigenvalue weighted by molar-refractivity contribution is 9.10. The second kappa shape index (κ2) is 6.04. The van der Waals surface area contributed by atoms with Gasteiger partial charge in [-0.25, -0.2) is 8.42 Å². The minimum atomic E-state index is -4.04. The number of rotatable bonds is 3. The summed E-state index contributed by atoms with van der Waals surface area (Å²) in [5, 5.41) is 2.16. The Labute approximate surface area is 135 Å². The van der Waals surface area contributed by atoms with Gasteiger partial charge in [0.25, 0.3) is 0 Å². The van der Waals surface area contributed by atoms with Crippen LogP contribution >= 0.6 is 27.5 Å². The molecule has 1 saturated heterocycles. The first-order chi connectivity index (χ1) is 9.77. The van der Waals surface area contributed by atoms with Crippen molar-refractivity contribution in [2.24, 2.45) is 0 Å². The molecule has 1 N–H and O–H groups in total. The molecular formula is C12H12BrClN2O4S. The van der Waals surface area contributed by atoms with E-state index in [1.165, 1.54) is 18.2 Å². The van der Waals surface area contributed by atoms with Crippen molar-refractivity contribution in [3.8, 4) is 0 Å². The molecule has 0 spiro atoms. The minimum absolute atomic E-state index is 0.0256. The maximum absolute atomic E-state index is 12.7. The van der Waals surface area contributed by atoms with E-state index in [0.29, 0.717) is 4.47 Å². The maximum atomic E-state index is 12.7. The van der Waals surface area contributed by atoms with Crippen molar-refractivity contribution in [1.29, 1.82) is 0 Å². The molecule has 1 aromatic carbocycles. The molecule has 9 heteroatoms. The first kappa shape index (κ1) is 16.4. The number of carbonyl (C=O) groups excluding carboxylic acids is 2. The van der Waals surface area contributed by atoms with E-state index >= 15 is 0 Å². The number of hydrogen-bond donors (Lipinski definition) is 1. The number of benzene rings is 1. The lowest BCUT2D eigenvalue weighted by atomic mass is 10.2. The van der Waals surface area contributed by atoms with Gasteiger partial charge >= 0.3 is 0 Å². The van der Waals surface area contributed by atoms with Gasteiger partial charge in [-0.1, -0.05) is 34.5 Å². The van der Waals surface area contributed by atoms with Gasteiger partial charge in [0.2, 0.25) is 21.8 Å². The Morgan fingerprint density at radius 1 is 1.43 bits per heavy atom. The number of carbonyl (C=O) groups is 2. The van der Waals surface area contributed by atoms with E-state index in [1.807, 2.05) is 0 Å². The normalized spacial score (nSPS) is 20.4. The van der Waals surface area contributed by atoms with Crippen molar-refractivity contribution in [3.63, 3.8) is 0 Å². The number of amides is 2. The summed E-state index contributed by atoms with van der Waals surface area (Å²) >= 11 is 9.17. The lowest BCUT2D eigenvalue weighted by Gasteiger charge is -2.32. The summed E-state index contributed by atoms with van der Waals surface area (Å²) in [6.07, 6.45) is 0.256. The quantitative estimate of drug-likeness (QED) is 0.787. The van der Waals surface area contributed by atoms with E-state index in [9.17, 15) is 18.0 Å². The molecule has 0 radical (unpaired) electrons. The molecule has 1 aliphatic rings. The fraction of sp³-hybridized carbons (Fsp3) is 0.333. The van der Waals surface area contributed by atoms with Gasteiger partial charge in [-0.3, -0.25) is 14.9 Å². The minimum Gasteiger partial charge on any atom is -0.294 e. The van der Waals surface area contributed by atoms with Gasteiger partial charge in [0.15, 0.2) is 0 Å². The summed E-state index contributed by atoms with van der Waals surface area (Å²) in [5.74, 6) is -1.27. The fourth-order valence-electron chi connectivity index (χ4n) is 2.10. The Hall–Kier alpha value is -0.960. The van der Waals surface area contributed by atoms with Gasteiger partial charge in [0.05, 0.1) is 11.6 Å². The molecule has 1 aliphatic heterocycles. The number of hydrogen-bond acceptors (Lipinski definition) is 4. The summed E-state index contributed by atoms with van der Waals surface area (Å²) in [6.45, 7) is 1.27. The molecule has 114 valence electrons. The van der Waals surface area contributed by atoms with Gasteiger partial charge in [-0.05, 0) is 24.6 Å². The van der Waals surface area contributed by atoms with Crippen LogP contribution in [0.5, 0.6) is 0 Å². The van der Waals surface area contributed by atoms with E-state index < -0.39 is 34.4 Å². The SMILES string of the molecule is CCC1C(=O)NC(=O)CN1S(=O)(=O)c1ccc(Br)cc1Cl. The summed E-state index contributed by atoms with van der Waals surface area (Å²) in [4.78, 5) is 23.1. The molecule has 2 amide bonds. The predicted molar refractivity (Wildman–Crippen MR) is 80.3 cm³/mol. The Kier molecular flexibility index (Phi) is 4.72. The highest BCUT2D eigenvalue weighted by Gasteiger charge is 2.41. The lowest BCUT2D eigenvalue weighted by molar-refractivity contribution is -0.137. The third kappa shape index (κ3) is 3.13. The predicted octanol–water partition coefficient (Wildman–Crippen LogP) is 1.53. The second-order valence-corrected chi connectivity index (χ2v) is 7.64. The molecule has 6 nitrogen and oxygen atoms in total. The fourth-order valence-corrected chi connectivity index (χ4v) is 4.73. The number of imide groups is 1. The molecule has 0 bridgehead atoms. The standard InChI is InChI=1S/C12H12BrClN2O4S/c1-2-9-12(18)15-11(17)6-16(9)21(19,20)10-4-3-7(13)5-8(10)14/h3-5,9H,2,6H2,1H3,(H,15,17,18). The Bertz CT molecular complexity index is 707. The van der Waals surface area contributed by atoms with Crippen molar-refractivity contribution in [1.82, 2.24) is 9.62 Å². The van der Waals surface area contributed by atoms with Crippen LogP contribution in [0.3, 0.4) is 0 Å². The van der Waals surface area contributed by atoms with Gasteiger partial charge in [-0.15, -0.1) is 0 Å². The van der Waals surface area contributed by atoms with Crippen LogP contribution in [0.25, 0.3) is 0 Å². The van der Waals surface area contributed by atoms with Gasteiger partial charge in [0, 0.05) is 4.47 Å². The Balaban J connectivity index is 2.50. The number of sulfonamides is 1. The second-order valence-electron chi connectivity index (χ2n) is 4.46. The van der Waals surface area contributed by atoms with Crippen molar-refractivity contribution < 1.29 is 18.0 Å². The third-order valence-electron chi connectivity index (χ3n) is 3.08. The van der Waals surface area contributed by atoms with E-state index in [1.54, 1.807) is 6.92 Å². The van der Waals surface area contributed by atoms with Crippen molar-refractivity contribution in [2.75, 3.05) is 6.54 Å². The molecule has 0 aromatic heterocycles. The average molecular weight is 396 g/mol. The third-order valence-corrected chi connectivity index (χ3v) is 5.91. The van der Waals surface area contributed by atoms with Gasteiger partial charge in [-0.2, -0.15) is 4.31 Å². The zero-order valence-corrected chi connectivity index (χ0v) is 14.1. The summed E-state index contributed by atoms with van der Waals surface area (Å²) in [7, 11) is -4.04. The number of piperazine rings is 1. The molecule has 1 heterocycles. The van der Waals surface area contributed by atoms with Crippen LogP contribution in [-0.2, 0) is 19.6 Å². The molecule has 0 saturated carbocycles. The van der Waals surface area contributed by atoms with Crippen LogP contribution < -0.4 is 5.32 Å². The van der Waals surface area contributed by atoms with Crippen molar-refractivity contribution in [3.05, 3.63) is 27.7 Å². The zero-order valence-electron chi connectivity index (χ0n) is 11.0. The van der Waals surface area contributed by atoms with Gasteiger partial charge in [0.1, 0.15) is 10.9 Å². The van der Waals surface area contributed by atoms with E-state index in [0.717, 1.165) is 4.31 Å². The van der Waals surface area contributed by atoms with E-state index in [4.69, 9.17) is 11.6 Å². The number of nitrogens with zero attached hydrogens (tertiary/aromatic N) is 1. The smallest absolute Gasteiger partial charge is 0.245 e. The van der Waals surface area contributed by atoms with Crippen LogP contribution in [0.2, 0.25) is 5.02 Å². The molecule has 2 rings (SSSR count). The first-order valence-corrected chi connectivity index (χ1v) is 8.69. The molecule has 0 aliphatic carbocycles. The molecular weight excluding hydrogens is 384 g/mol. The molecule has 1 aromatic rings. The monoisotopic (exact) mass is 394 g/mol. The Morgan fingerprint density at radius 3 is 2.67 bits per heavy atom. The van der Waals surface area contributed by atoms with Crippen LogP contribution in [0.4, 0.5) is 0 Å². The highest BCUT2D eigenvalue weighted by atomic mass is 79.9. The average Bonchev–Trinajstić information content (AvgIpc) is 2.37. The van der Waals surface area contributed by atoms with Crippen molar-refractivity contribution in [2.45, 2.75) is 24.3 Å². The lowest BCUT2D eigenvalue weighted by Crippen LogP contribution is -2.59. The highest BCUT2D eigenvalue weighted by Crippen LogP contribution is 2.29.